The largest absolute Gasteiger partial charge is 0.298 e. The molecule has 4 aliphatic heterocycles. The van der Waals surface area contributed by atoms with Gasteiger partial charge in [-0.25, -0.2) is 0 Å². The fraction of sp³-hybridized carbons (Fsp3) is 0.611. The molecule has 5 rings (SSSR count). The standard InChI is InChI=1S/C18H23ClN2O/c1-3-17-9-20-11-18(4-2,16(17)22)12-21(10-17)15(20)13-5-7-14(19)8-6-13/h5-8,15H,3-4,9-12H2,1-2H3. The minimum atomic E-state index is -0.143. The molecule has 0 aromatic heterocycles. The number of rotatable bonds is 3. The number of nitrogens with zero attached hydrogens (tertiary/aromatic N) is 2. The second-order valence-electron chi connectivity index (χ2n) is 7.33. The van der Waals surface area contributed by atoms with E-state index in [0.717, 1.165) is 44.0 Å². The van der Waals surface area contributed by atoms with Gasteiger partial charge >= 0.3 is 0 Å². The van der Waals surface area contributed by atoms with Crippen molar-refractivity contribution in [2.45, 2.75) is 32.9 Å². The van der Waals surface area contributed by atoms with Crippen molar-refractivity contribution in [3.63, 3.8) is 0 Å². The Hall–Kier alpha value is -0.900. The van der Waals surface area contributed by atoms with Crippen molar-refractivity contribution in [3.8, 4) is 0 Å². The van der Waals surface area contributed by atoms with Crippen LogP contribution >= 0.6 is 11.6 Å². The van der Waals surface area contributed by atoms with Gasteiger partial charge in [0.15, 0.2) is 0 Å². The van der Waals surface area contributed by atoms with Crippen LogP contribution in [0.5, 0.6) is 0 Å². The number of benzene rings is 1. The van der Waals surface area contributed by atoms with Gasteiger partial charge < -0.3 is 0 Å². The molecule has 4 heterocycles. The van der Waals surface area contributed by atoms with Gasteiger partial charge in [0.25, 0.3) is 0 Å². The summed E-state index contributed by atoms with van der Waals surface area (Å²) in [7, 11) is 0. The zero-order valence-corrected chi connectivity index (χ0v) is 14.1. The van der Waals surface area contributed by atoms with E-state index in [2.05, 4.69) is 35.8 Å². The van der Waals surface area contributed by atoms with Crippen LogP contribution < -0.4 is 0 Å². The minimum Gasteiger partial charge on any atom is -0.298 e. The van der Waals surface area contributed by atoms with Gasteiger partial charge in [0, 0.05) is 31.2 Å². The van der Waals surface area contributed by atoms with Crippen LogP contribution in [0.1, 0.15) is 38.4 Å². The van der Waals surface area contributed by atoms with Gasteiger partial charge in [-0.15, -0.1) is 0 Å². The van der Waals surface area contributed by atoms with Crippen LogP contribution in [0.25, 0.3) is 0 Å². The first-order chi connectivity index (χ1) is 10.5. The lowest BCUT2D eigenvalue weighted by Crippen LogP contribution is -2.76. The molecule has 0 N–H and O–H groups in total. The highest BCUT2D eigenvalue weighted by Crippen LogP contribution is 2.54. The van der Waals surface area contributed by atoms with Gasteiger partial charge in [0.1, 0.15) is 5.78 Å². The summed E-state index contributed by atoms with van der Waals surface area (Å²) in [5.41, 5.74) is 1.01. The third kappa shape index (κ3) is 1.79. The molecule has 22 heavy (non-hydrogen) atoms. The Morgan fingerprint density at radius 3 is 1.86 bits per heavy atom. The van der Waals surface area contributed by atoms with E-state index in [-0.39, 0.29) is 10.8 Å². The average Bonchev–Trinajstić information content (AvgIpc) is 2.52. The maximum Gasteiger partial charge on any atom is 0.150 e. The smallest absolute Gasteiger partial charge is 0.150 e. The highest BCUT2D eigenvalue weighted by molar-refractivity contribution is 6.30. The van der Waals surface area contributed by atoms with Crippen LogP contribution in [0.15, 0.2) is 24.3 Å². The Balaban J connectivity index is 1.74. The van der Waals surface area contributed by atoms with E-state index >= 15 is 0 Å². The summed E-state index contributed by atoms with van der Waals surface area (Å²) in [6.07, 6.45) is 2.21. The molecule has 0 saturated carbocycles. The fourth-order valence-corrected chi connectivity index (χ4v) is 5.14. The molecule has 0 amide bonds. The molecule has 0 radical (unpaired) electrons. The summed E-state index contributed by atoms with van der Waals surface area (Å²) < 4.78 is 0. The Kier molecular flexibility index (Phi) is 3.20. The van der Waals surface area contributed by atoms with Crippen LogP contribution in [0, 0.1) is 10.8 Å². The van der Waals surface area contributed by atoms with Crippen molar-refractivity contribution in [2.75, 3.05) is 26.2 Å². The second-order valence-corrected chi connectivity index (χ2v) is 7.77. The van der Waals surface area contributed by atoms with E-state index in [4.69, 9.17) is 11.6 Å². The van der Waals surface area contributed by atoms with E-state index in [1.54, 1.807) is 0 Å². The number of ketones is 1. The maximum absolute atomic E-state index is 13.1. The molecule has 118 valence electrons. The quantitative estimate of drug-likeness (QED) is 0.854. The number of carbonyl (C=O) groups is 1. The molecule has 1 aromatic carbocycles. The van der Waals surface area contributed by atoms with Crippen molar-refractivity contribution >= 4 is 17.4 Å². The summed E-state index contributed by atoms with van der Waals surface area (Å²) in [5.74, 6) is 0.534. The van der Waals surface area contributed by atoms with Crippen LogP contribution in [0.4, 0.5) is 0 Å². The molecule has 4 saturated heterocycles. The molecule has 1 aromatic rings. The number of carbonyl (C=O) groups excluding carboxylic acids is 1. The first kappa shape index (κ1) is 14.7. The average molecular weight is 319 g/mol. The first-order valence-electron chi connectivity index (χ1n) is 8.32. The molecule has 4 bridgehead atoms. The van der Waals surface area contributed by atoms with Gasteiger partial charge in [-0.1, -0.05) is 37.6 Å². The zero-order valence-electron chi connectivity index (χ0n) is 13.3. The molecule has 0 aliphatic carbocycles. The topological polar surface area (TPSA) is 23.6 Å². The molecule has 3 nitrogen and oxygen atoms in total. The number of halogens is 1. The molecular weight excluding hydrogens is 296 g/mol. The van der Waals surface area contributed by atoms with E-state index in [1.807, 2.05) is 12.1 Å². The van der Waals surface area contributed by atoms with Crippen LogP contribution in [0.3, 0.4) is 0 Å². The van der Waals surface area contributed by atoms with Crippen molar-refractivity contribution < 1.29 is 4.79 Å². The van der Waals surface area contributed by atoms with E-state index in [1.165, 1.54) is 5.56 Å². The number of hydrogen-bond donors (Lipinski definition) is 0. The van der Waals surface area contributed by atoms with Crippen LogP contribution in [0.2, 0.25) is 5.02 Å². The van der Waals surface area contributed by atoms with Crippen molar-refractivity contribution in [3.05, 3.63) is 34.9 Å². The summed E-state index contributed by atoms with van der Waals surface area (Å²) in [6.45, 7) is 7.99. The fourth-order valence-electron chi connectivity index (χ4n) is 5.02. The summed E-state index contributed by atoms with van der Waals surface area (Å²) in [4.78, 5) is 18.2. The lowest BCUT2D eigenvalue weighted by atomic mass is 9.58. The molecule has 4 fully saturated rings. The Bertz CT molecular complexity index is 570. The summed E-state index contributed by atoms with van der Waals surface area (Å²) in [6, 6.07) is 8.21. The third-order valence-corrected chi connectivity index (χ3v) is 6.45. The molecule has 0 atom stereocenters. The number of piperidine rings is 2. The predicted octanol–water partition coefficient (Wildman–Crippen LogP) is 3.35. The van der Waals surface area contributed by atoms with Gasteiger partial charge in [0.05, 0.1) is 17.0 Å². The predicted molar refractivity (Wildman–Crippen MR) is 87.8 cm³/mol. The van der Waals surface area contributed by atoms with Crippen molar-refractivity contribution in [1.82, 2.24) is 9.80 Å². The van der Waals surface area contributed by atoms with Gasteiger partial charge in [-0.3, -0.25) is 14.6 Å². The molecule has 4 heteroatoms. The lowest BCUT2D eigenvalue weighted by Gasteiger charge is -2.66. The van der Waals surface area contributed by atoms with Crippen LogP contribution in [-0.4, -0.2) is 41.8 Å². The molecular formula is C18H23ClN2O. The zero-order chi connectivity index (χ0) is 15.5. The van der Waals surface area contributed by atoms with E-state index < -0.39 is 0 Å². The van der Waals surface area contributed by atoms with Crippen molar-refractivity contribution in [2.24, 2.45) is 10.8 Å². The van der Waals surface area contributed by atoms with Gasteiger partial charge in [-0.05, 0) is 30.5 Å². The highest BCUT2D eigenvalue weighted by atomic mass is 35.5. The lowest BCUT2D eigenvalue weighted by molar-refractivity contribution is -0.204. The minimum absolute atomic E-state index is 0.143. The normalized spacial score (nSPS) is 42.9. The summed E-state index contributed by atoms with van der Waals surface area (Å²) >= 11 is 6.04. The SMILES string of the molecule is CCC12CN3CC(CC)(CN(C1)C3c1ccc(Cl)cc1)C2=O. The number of hydrogen-bond acceptors (Lipinski definition) is 3. The Labute approximate surface area is 137 Å². The summed E-state index contributed by atoms with van der Waals surface area (Å²) in [5, 5.41) is 0.780. The molecule has 4 aliphatic rings. The van der Waals surface area contributed by atoms with Gasteiger partial charge in [0.2, 0.25) is 0 Å². The highest BCUT2D eigenvalue weighted by Gasteiger charge is 2.64. The second kappa shape index (κ2) is 4.80. The molecule has 0 spiro atoms. The van der Waals surface area contributed by atoms with E-state index in [0.29, 0.717) is 11.9 Å². The van der Waals surface area contributed by atoms with Crippen LogP contribution in [-0.2, 0) is 4.79 Å². The van der Waals surface area contributed by atoms with E-state index in [9.17, 15) is 4.79 Å². The monoisotopic (exact) mass is 318 g/mol. The first-order valence-corrected chi connectivity index (χ1v) is 8.70. The Morgan fingerprint density at radius 1 is 1.00 bits per heavy atom. The Morgan fingerprint density at radius 2 is 1.45 bits per heavy atom. The number of Topliss-reactive ketones (excluding diaryl/α,β-unsaturated/α-hetero) is 1. The molecule has 0 unspecified atom stereocenters. The van der Waals surface area contributed by atoms with Crippen molar-refractivity contribution in [1.29, 1.82) is 0 Å². The third-order valence-electron chi connectivity index (χ3n) is 6.20. The van der Waals surface area contributed by atoms with Gasteiger partial charge in [-0.2, -0.15) is 0 Å². The maximum atomic E-state index is 13.1.